The van der Waals surface area contributed by atoms with Crippen molar-refractivity contribution in [2.75, 3.05) is 24.7 Å². The number of anilines is 1. The third kappa shape index (κ3) is 7.60. The van der Waals surface area contributed by atoms with Crippen LogP contribution in [0.15, 0.2) is 46.4 Å². The van der Waals surface area contributed by atoms with Crippen molar-refractivity contribution in [2.24, 2.45) is 0 Å². The fourth-order valence-electron chi connectivity index (χ4n) is 4.05. The number of benzene rings is 2. The summed E-state index contributed by atoms with van der Waals surface area (Å²) in [6.45, 7) is 7.40. The molecule has 8 nitrogen and oxygen atoms in total. The number of carbonyl (C=O) groups is 3. The molecule has 0 radical (unpaired) electrons. The first-order valence-electron chi connectivity index (χ1n) is 13.1. The van der Waals surface area contributed by atoms with Gasteiger partial charge in [-0.3, -0.25) is 14.9 Å². The molecule has 1 N–H and O–H groups in total. The van der Waals surface area contributed by atoms with Crippen molar-refractivity contribution in [3.63, 3.8) is 0 Å². The lowest BCUT2D eigenvalue weighted by Crippen LogP contribution is -2.54. The number of rotatable bonds is 14. The highest BCUT2D eigenvalue weighted by Gasteiger charge is 2.37. The van der Waals surface area contributed by atoms with E-state index in [1.165, 1.54) is 31.8 Å². The molecule has 0 aliphatic carbocycles. The SMILES string of the molecule is CCCCCCCCOc1c(Br)cc(/C=C2\C(=O)NC(=O)N(c3ccc(OCC)cc3)C2=O)cc1OCC. The van der Waals surface area contributed by atoms with Gasteiger partial charge in [0.2, 0.25) is 0 Å². The zero-order valence-corrected chi connectivity index (χ0v) is 23.8. The van der Waals surface area contributed by atoms with Gasteiger partial charge in [0.05, 0.1) is 30.0 Å². The second kappa shape index (κ2) is 14.6. The van der Waals surface area contributed by atoms with Crippen LogP contribution in [0.25, 0.3) is 6.08 Å². The van der Waals surface area contributed by atoms with Gasteiger partial charge >= 0.3 is 6.03 Å². The molecule has 0 saturated carbocycles. The van der Waals surface area contributed by atoms with Crippen molar-refractivity contribution in [3.05, 3.63) is 52.0 Å². The number of nitrogens with zero attached hydrogens (tertiary/aromatic N) is 1. The molecule has 1 fully saturated rings. The highest BCUT2D eigenvalue weighted by Crippen LogP contribution is 2.38. The predicted octanol–water partition coefficient (Wildman–Crippen LogP) is 6.65. The molecule has 0 unspecified atom stereocenters. The summed E-state index contributed by atoms with van der Waals surface area (Å²) in [4.78, 5) is 39.4. The molecule has 0 aromatic heterocycles. The fourth-order valence-corrected chi connectivity index (χ4v) is 4.62. The zero-order valence-electron chi connectivity index (χ0n) is 22.2. The lowest BCUT2D eigenvalue weighted by molar-refractivity contribution is -0.122. The van der Waals surface area contributed by atoms with E-state index in [1.807, 2.05) is 13.8 Å². The van der Waals surface area contributed by atoms with E-state index in [-0.39, 0.29) is 5.57 Å². The fraction of sp³-hybridized carbons (Fsp3) is 0.414. The van der Waals surface area contributed by atoms with E-state index in [2.05, 4.69) is 28.2 Å². The monoisotopic (exact) mass is 586 g/mol. The number of hydrogen-bond acceptors (Lipinski definition) is 6. The Kier molecular flexibility index (Phi) is 11.2. The summed E-state index contributed by atoms with van der Waals surface area (Å²) in [7, 11) is 0. The molecule has 3 rings (SSSR count). The van der Waals surface area contributed by atoms with Gasteiger partial charge < -0.3 is 14.2 Å². The Balaban J connectivity index is 1.81. The van der Waals surface area contributed by atoms with Crippen LogP contribution in [0, 0.1) is 0 Å². The number of carbonyl (C=O) groups excluding carboxylic acids is 3. The molecular weight excluding hydrogens is 552 g/mol. The molecule has 0 spiro atoms. The lowest BCUT2D eigenvalue weighted by atomic mass is 10.1. The minimum absolute atomic E-state index is 0.173. The molecule has 1 aliphatic heterocycles. The minimum atomic E-state index is -0.809. The van der Waals surface area contributed by atoms with Crippen LogP contribution in [0.5, 0.6) is 17.2 Å². The number of halogens is 1. The van der Waals surface area contributed by atoms with E-state index >= 15 is 0 Å². The molecule has 4 amide bonds. The van der Waals surface area contributed by atoms with E-state index in [9.17, 15) is 14.4 Å². The quantitative estimate of drug-likeness (QED) is 0.151. The number of amides is 4. The number of hydrogen-bond donors (Lipinski definition) is 1. The summed E-state index contributed by atoms with van der Waals surface area (Å²) < 4.78 is 17.9. The van der Waals surface area contributed by atoms with E-state index in [1.54, 1.807) is 36.4 Å². The highest BCUT2D eigenvalue weighted by atomic mass is 79.9. The molecule has 1 heterocycles. The number of barbiturate groups is 1. The van der Waals surface area contributed by atoms with Gasteiger partial charge in [0.1, 0.15) is 11.3 Å². The molecule has 0 bridgehead atoms. The Labute approximate surface area is 232 Å². The second-order valence-corrected chi connectivity index (χ2v) is 9.62. The van der Waals surface area contributed by atoms with Gasteiger partial charge in [-0.25, -0.2) is 9.69 Å². The van der Waals surface area contributed by atoms with Crippen molar-refractivity contribution in [1.82, 2.24) is 5.32 Å². The van der Waals surface area contributed by atoms with Crippen LogP contribution >= 0.6 is 15.9 Å². The molecule has 2 aromatic carbocycles. The van der Waals surface area contributed by atoms with Crippen LogP contribution < -0.4 is 24.4 Å². The summed E-state index contributed by atoms with van der Waals surface area (Å²) in [6.07, 6.45) is 8.38. The summed E-state index contributed by atoms with van der Waals surface area (Å²) in [5, 5.41) is 2.25. The Morgan fingerprint density at radius 2 is 1.55 bits per heavy atom. The third-order valence-corrected chi connectivity index (χ3v) is 6.48. The normalized spacial score (nSPS) is 14.6. The Hall–Kier alpha value is -3.33. The van der Waals surface area contributed by atoms with Crippen LogP contribution in [0.3, 0.4) is 0 Å². The molecule has 9 heteroatoms. The van der Waals surface area contributed by atoms with Crippen molar-refractivity contribution in [1.29, 1.82) is 0 Å². The van der Waals surface area contributed by atoms with E-state index in [0.29, 0.717) is 52.8 Å². The maximum Gasteiger partial charge on any atom is 0.335 e. The lowest BCUT2D eigenvalue weighted by Gasteiger charge is -2.26. The van der Waals surface area contributed by atoms with E-state index < -0.39 is 17.8 Å². The average Bonchev–Trinajstić information content (AvgIpc) is 2.88. The molecule has 1 aliphatic rings. The van der Waals surface area contributed by atoms with Gasteiger partial charge in [0, 0.05) is 0 Å². The van der Waals surface area contributed by atoms with Crippen LogP contribution in [-0.4, -0.2) is 37.7 Å². The molecule has 38 heavy (non-hydrogen) atoms. The molecule has 2 aromatic rings. The highest BCUT2D eigenvalue weighted by molar-refractivity contribution is 9.10. The van der Waals surface area contributed by atoms with Gasteiger partial charge in [0.25, 0.3) is 11.8 Å². The Morgan fingerprint density at radius 3 is 2.24 bits per heavy atom. The van der Waals surface area contributed by atoms with Crippen molar-refractivity contribution in [2.45, 2.75) is 59.3 Å². The van der Waals surface area contributed by atoms with Crippen LogP contribution in [0.4, 0.5) is 10.5 Å². The topological polar surface area (TPSA) is 94.2 Å². The number of unbranched alkanes of at least 4 members (excludes halogenated alkanes) is 5. The Bertz CT molecular complexity index is 1160. The van der Waals surface area contributed by atoms with Gasteiger partial charge in [-0.05, 0) is 84.2 Å². The second-order valence-electron chi connectivity index (χ2n) is 8.76. The summed E-state index contributed by atoms with van der Waals surface area (Å²) in [6, 6.07) is 9.17. The smallest absolute Gasteiger partial charge is 0.335 e. The summed E-state index contributed by atoms with van der Waals surface area (Å²) >= 11 is 3.55. The van der Waals surface area contributed by atoms with Gasteiger partial charge in [-0.15, -0.1) is 0 Å². The van der Waals surface area contributed by atoms with Gasteiger partial charge in [0.15, 0.2) is 11.5 Å². The first kappa shape index (κ1) is 29.2. The first-order valence-corrected chi connectivity index (χ1v) is 13.9. The standard InChI is InChI=1S/C29H35BrN2O6/c1-4-7-8-9-10-11-16-38-26-24(30)18-20(19-25(26)37-6-3)17-23-27(33)31-29(35)32(28(23)34)21-12-14-22(15-13-21)36-5-2/h12-15,17-19H,4-11,16H2,1-3H3,(H,31,33,35)/b23-17+. The van der Waals surface area contributed by atoms with E-state index in [4.69, 9.17) is 14.2 Å². The van der Waals surface area contributed by atoms with Crippen LogP contribution in [0.2, 0.25) is 0 Å². The third-order valence-electron chi connectivity index (χ3n) is 5.89. The van der Waals surface area contributed by atoms with Gasteiger partial charge in [-0.1, -0.05) is 39.0 Å². The minimum Gasteiger partial charge on any atom is -0.494 e. The molecule has 1 saturated heterocycles. The number of nitrogens with one attached hydrogen (secondary N) is 1. The molecule has 204 valence electrons. The maximum absolute atomic E-state index is 13.3. The summed E-state index contributed by atoms with van der Waals surface area (Å²) in [5.41, 5.74) is 0.698. The van der Waals surface area contributed by atoms with Crippen LogP contribution in [-0.2, 0) is 9.59 Å². The predicted molar refractivity (Wildman–Crippen MR) is 151 cm³/mol. The van der Waals surface area contributed by atoms with Gasteiger partial charge in [-0.2, -0.15) is 0 Å². The molecular formula is C29H35BrN2O6. The average molecular weight is 588 g/mol. The van der Waals surface area contributed by atoms with E-state index in [0.717, 1.165) is 17.7 Å². The van der Waals surface area contributed by atoms with Crippen molar-refractivity contribution in [3.8, 4) is 17.2 Å². The first-order chi connectivity index (χ1) is 18.4. The summed E-state index contributed by atoms with van der Waals surface area (Å²) in [5.74, 6) is 0.205. The number of ether oxygens (including phenoxy) is 3. The van der Waals surface area contributed by atoms with Crippen molar-refractivity contribution >= 4 is 45.5 Å². The maximum atomic E-state index is 13.3. The largest absolute Gasteiger partial charge is 0.494 e. The van der Waals surface area contributed by atoms with Crippen LogP contribution in [0.1, 0.15) is 64.9 Å². The zero-order chi connectivity index (χ0) is 27.5. The molecule has 0 atom stereocenters. The number of imide groups is 2. The number of urea groups is 1. The Morgan fingerprint density at radius 1 is 0.868 bits per heavy atom. The van der Waals surface area contributed by atoms with Crippen molar-refractivity contribution < 1.29 is 28.6 Å².